The lowest BCUT2D eigenvalue weighted by Crippen LogP contribution is -2.31. The van der Waals surface area contributed by atoms with Crippen molar-refractivity contribution in [1.29, 1.82) is 0 Å². The quantitative estimate of drug-likeness (QED) is 0.710. The van der Waals surface area contributed by atoms with E-state index < -0.39 is 0 Å². The average molecular weight is 253 g/mol. The van der Waals surface area contributed by atoms with Crippen LogP contribution < -0.4 is 11.1 Å². The molecule has 2 rings (SSSR count). The summed E-state index contributed by atoms with van der Waals surface area (Å²) in [7, 11) is 0. The summed E-state index contributed by atoms with van der Waals surface area (Å²) in [5.41, 5.74) is 5.54. The zero-order valence-corrected chi connectivity index (χ0v) is 11.5. The zero-order chi connectivity index (χ0) is 13.0. The first-order valence-electron chi connectivity index (χ1n) is 7.40. The molecule has 1 aliphatic carbocycles. The van der Waals surface area contributed by atoms with Gasteiger partial charge in [-0.1, -0.05) is 6.92 Å². The van der Waals surface area contributed by atoms with Gasteiger partial charge in [-0.3, -0.25) is 4.79 Å². The Labute approximate surface area is 110 Å². The first-order chi connectivity index (χ1) is 8.69. The van der Waals surface area contributed by atoms with Crippen molar-refractivity contribution >= 4 is 5.91 Å². The highest BCUT2D eigenvalue weighted by atomic mass is 16.1. The van der Waals surface area contributed by atoms with Crippen molar-refractivity contribution in [2.24, 2.45) is 17.6 Å². The zero-order valence-electron chi connectivity index (χ0n) is 11.5. The predicted molar refractivity (Wildman–Crippen MR) is 73.2 cm³/mol. The fourth-order valence-corrected chi connectivity index (χ4v) is 2.64. The number of amides is 1. The van der Waals surface area contributed by atoms with E-state index in [0.717, 1.165) is 19.0 Å². The highest BCUT2D eigenvalue weighted by Crippen LogP contribution is 2.31. The van der Waals surface area contributed by atoms with E-state index in [2.05, 4.69) is 17.1 Å². The van der Waals surface area contributed by atoms with E-state index in [-0.39, 0.29) is 5.91 Å². The molecular weight excluding hydrogens is 226 g/mol. The van der Waals surface area contributed by atoms with E-state index in [0.29, 0.717) is 24.8 Å². The molecule has 2 unspecified atom stereocenters. The molecule has 0 radical (unpaired) electrons. The minimum absolute atomic E-state index is 0.195. The Balaban J connectivity index is 1.55. The molecular formula is C14H27N3O. The standard InChI is InChI=1S/C14H27N3O/c1-11(8-15)2-5-14(18)16-9-12-6-7-17(10-12)13-3-4-13/h11-13H,2-10,15H2,1H3,(H,16,18). The number of carbonyl (C=O) groups excluding carboxylic acids is 1. The summed E-state index contributed by atoms with van der Waals surface area (Å²) >= 11 is 0. The van der Waals surface area contributed by atoms with Gasteiger partial charge in [0, 0.05) is 25.6 Å². The largest absolute Gasteiger partial charge is 0.356 e. The van der Waals surface area contributed by atoms with Crippen LogP contribution in [0.4, 0.5) is 0 Å². The molecule has 0 spiro atoms. The summed E-state index contributed by atoms with van der Waals surface area (Å²) in [6.07, 6.45) is 5.54. The molecule has 1 saturated heterocycles. The van der Waals surface area contributed by atoms with Crippen molar-refractivity contribution in [2.75, 3.05) is 26.2 Å². The number of rotatable bonds is 7. The van der Waals surface area contributed by atoms with E-state index in [9.17, 15) is 4.79 Å². The molecule has 1 amide bonds. The van der Waals surface area contributed by atoms with Crippen molar-refractivity contribution in [3.63, 3.8) is 0 Å². The average Bonchev–Trinajstić information content (AvgIpc) is 3.13. The summed E-state index contributed by atoms with van der Waals surface area (Å²) in [6.45, 7) is 6.04. The second kappa shape index (κ2) is 6.53. The predicted octanol–water partition coefficient (Wildman–Crippen LogP) is 0.962. The van der Waals surface area contributed by atoms with Gasteiger partial charge in [-0.05, 0) is 50.6 Å². The second-order valence-electron chi connectivity index (χ2n) is 6.06. The molecule has 1 aliphatic heterocycles. The normalized spacial score (nSPS) is 26.2. The lowest BCUT2D eigenvalue weighted by Gasteiger charge is -2.15. The molecule has 4 heteroatoms. The third kappa shape index (κ3) is 4.25. The van der Waals surface area contributed by atoms with Gasteiger partial charge in [-0.15, -0.1) is 0 Å². The Hall–Kier alpha value is -0.610. The number of nitrogens with one attached hydrogen (secondary N) is 1. The van der Waals surface area contributed by atoms with Crippen LogP contribution in [0, 0.1) is 11.8 Å². The van der Waals surface area contributed by atoms with Crippen LogP contribution in [0.15, 0.2) is 0 Å². The first kappa shape index (κ1) is 13.8. The van der Waals surface area contributed by atoms with Crippen molar-refractivity contribution in [3.8, 4) is 0 Å². The summed E-state index contributed by atoms with van der Waals surface area (Å²) in [5.74, 6) is 1.31. The number of hydrogen-bond acceptors (Lipinski definition) is 3. The van der Waals surface area contributed by atoms with Gasteiger partial charge in [0.1, 0.15) is 0 Å². The molecule has 1 heterocycles. The number of hydrogen-bond donors (Lipinski definition) is 2. The summed E-state index contributed by atoms with van der Waals surface area (Å²) in [6, 6.07) is 0.871. The molecule has 1 saturated carbocycles. The molecule has 0 aromatic rings. The smallest absolute Gasteiger partial charge is 0.220 e. The lowest BCUT2D eigenvalue weighted by molar-refractivity contribution is -0.121. The lowest BCUT2D eigenvalue weighted by atomic mass is 10.1. The van der Waals surface area contributed by atoms with Crippen molar-refractivity contribution < 1.29 is 4.79 Å². The summed E-state index contributed by atoms with van der Waals surface area (Å²) in [4.78, 5) is 14.3. The van der Waals surface area contributed by atoms with E-state index in [1.54, 1.807) is 0 Å². The molecule has 4 nitrogen and oxygen atoms in total. The maximum Gasteiger partial charge on any atom is 0.220 e. The van der Waals surface area contributed by atoms with Gasteiger partial charge in [0.05, 0.1) is 0 Å². The van der Waals surface area contributed by atoms with Gasteiger partial charge in [-0.25, -0.2) is 0 Å². The van der Waals surface area contributed by atoms with Crippen molar-refractivity contribution in [2.45, 2.75) is 45.1 Å². The Morgan fingerprint density at radius 3 is 2.89 bits per heavy atom. The molecule has 0 aromatic carbocycles. The highest BCUT2D eigenvalue weighted by molar-refractivity contribution is 5.75. The molecule has 0 aromatic heterocycles. The SMILES string of the molecule is CC(CN)CCC(=O)NCC1CCN(C2CC2)C1. The van der Waals surface area contributed by atoms with Crippen LogP contribution in [0.2, 0.25) is 0 Å². The van der Waals surface area contributed by atoms with Crippen LogP contribution in [-0.2, 0) is 4.79 Å². The molecule has 0 bridgehead atoms. The Bertz CT molecular complexity index is 278. The molecule has 3 N–H and O–H groups in total. The van der Waals surface area contributed by atoms with Crippen molar-refractivity contribution in [3.05, 3.63) is 0 Å². The molecule has 104 valence electrons. The maximum atomic E-state index is 11.7. The number of carbonyl (C=O) groups is 1. The van der Waals surface area contributed by atoms with E-state index in [4.69, 9.17) is 5.73 Å². The van der Waals surface area contributed by atoms with Crippen LogP contribution in [0.3, 0.4) is 0 Å². The summed E-state index contributed by atoms with van der Waals surface area (Å²) in [5, 5.41) is 3.08. The van der Waals surface area contributed by atoms with Crippen LogP contribution in [0.1, 0.15) is 39.0 Å². The fourth-order valence-electron chi connectivity index (χ4n) is 2.64. The van der Waals surface area contributed by atoms with Gasteiger partial charge in [0.15, 0.2) is 0 Å². The number of nitrogens with zero attached hydrogens (tertiary/aromatic N) is 1. The summed E-state index contributed by atoms with van der Waals surface area (Å²) < 4.78 is 0. The van der Waals surface area contributed by atoms with Gasteiger partial charge < -0.3 is 16.0 Å². The minimum Gasteiger partial charge on any atom is -0.356 e. The van der Waals surface area contributed by atoms with Gasteiger partial charge in [-0.2, -0.15) is 0 Å². The number of likely N-dealkylation sites (tertiary alicyclic amines) is 1. The molecule has 2 atom stereocenters. The van der Waals surface area contributed by atoms with Crippen LogP contribution >= 0.6 is 0 Å². The first-order valence-corrected chi connectivity index (χ1v) is 7.40. The molecule has 18 heavy (non-hydrogen) atoms. The van der Waals surface area contributed by atoms with Gasteiger partial charge in [0.2, 0.25) is 5.91 Å². The van der Waals surface area contributed by atoms with Crippen LogP contribution in [0.5, 0.6) is 0 Å². The highest BCUT2D eigenvalue weighted by Gasteiger charge is 2.34. The van der Waals surface area contributed by atoms with Crippen LogP contribution in [-0.4, -0.2) is 43.0 Å². The number of nitrogens with two attached hydrogens (primary N) is 1. The monoisotopic (exact) mass is 253 g/mol. The van der Waals surface area contributed by atoms with Gasteiger partial charge in [0.25, 0.3) is 0 Å². The van der Waals surface area contributed by atoms with E-state index >= 15 is 0 Å². The van der Waals surface area contributed by atoms with E-state index in [1.165, 1.54) is 32.4 Å². The van der Waals surface area contributed by atoms with Crippen molar-refractivity contribution in [1.82, 2.24) is 10.2 Å². The third-order valence-electron chi connectivity index (χ3n) is 4.24. The second-order valence-corrected chi connectivity index (χ2v) is 6.06. The Morgan fingerprint density at radius 1 is 1.44 bits per heavy atom. The van der Waals surface area contributed by atoms with E-state index in [1.807, 2.05) is 0 Å². The molecule has 2 aliphatic rings. The Morgan fingerprint density at radius 2 is 2.22 bits per heavy atom. The minimum atomic E-state index is 0.195. The fraction of sp³-hybridized carbons (Fsp3) is 0.929. The van der Waals surface area contributed by atoms with Crippen LogP contribution in [0.25, 0.3) is 0 Å². The molecule has 2 fully saturated rings. The maximum absolute atomic E-state index is 11.7. The topological polar surface area (TPSA) is 58.4 Å². The van der Waals surface area contributed by atoms with Gasteiger partial charge >= 0.3 is 0 Å². The third-order valence-corrected chi connectivity index (χ3v) is 4.24. The Kier molecular flexibility index (Phi) is 5.01.